The highest BCUT2D eigenvalue weighted by molar-refractivity contribution is 5.93. The van der Waals surface area contributed by atoms with Crippen LogP contribution in [0, 0.1) is 11.8 Å². The molecule has 1 aromatic heterocycles. The van der Waals surface area contributed by atoms with E-state index in [9.17, 15) is 9.59 Å². The monoisotopic (exact) mass is 249 g/mol. The Labute approximate surface area is 104 Å². The normalized spacial score (nSPS) is 26.3. The van der Waals surface area contributed by atoms with Crippen LogP contribution in [0.3, 0.4) is 0 Å². The Morgan fingerprint density at radius 2 is 1.78 bits per heavy atom. The van der Waals surface area contributed by atoms with Crippen molar-refractivity contribution < 1.29 is 19.1 Å². The molecule has 5 nitrogen and oxygen atoms in total. The van der Waals surface area contributed by atoms with E-state index in [0.717, 1.165) is 13.1 Å². The maximum Gasteiger partial charge on any atom is 0.371 e. The van der Waals surface area contributed by atoms with Crippen LogP contribution in [-0.4, -0.2) is 35.0 Å². The first-order valence-electron chi connectivity index (χ1n) is 6.27. The van der Waals surface area contributed by atoms with Gasteiger partial charge in [0.2, 0.25) is 5.76 Å². The van der Waals surface area contributed by atoms with Crippen molar-refractivity contribution in [1.82, 2.24) is 4.90 Å². The molecule has 0 aromatic carbocycles. The Morgan fingerprint density at radius 3 is 2.33 bits per heavy atom. The summed E-state index contributed by atoms with van der Waals surface area (Å²) >= 11 is 0. The van der Waals surface area contributed by atoms with Crippen LogP contribution in [0.15, 0.2) is 16.5 Å². The van der Waals surface area contributed by atoms with Gasteiger partial charge in [0.1, 0.15) is 0 Å². The summed E-state index contributed by atoms with van der Waals surface area (Å²) in [5.74, 6) is -0.125. The molecule has 18 heavy (non-hydrogen) atoms. The number of nitrogens with zero attached hydrogens (tertiary/aromatic N) is 1. The molecule has 2 atom stereocenters. The molecule has 3 rings (SSSR count). The minimum absolute atomic E-state index is 0.132. The van der Waals surface area contributed by atoms with Gasteiger partial charge in [-0.3, -0.25) is 4.79 Å². The zero-order valence-electron chi connectivity index (χ0n) is 9.96. The standard InChI is InChI=1S/C13H15NO4/c15-12(10-4-5-11(18-10)13(16)17)14-6-8-2-1-3-9(8)7-14/h4-5,8-9H,1-3,6-7H2,(H,16,17)/t8-,9+. The van der Waals surface area contributed by atoms with Crippen LogP contribution in [0.25, 0.3) is 0 Å². The number of likely N-dealkylation sites (tertiary alicyclic amines) is 1. The molecule has 0 radical (unpaired) electrons. The number of fused-ring (bicyclic) bond motifs is 1. The van der Waals surface area contributed by atoms with E-state index in [-0.39, 0.29) is 17.4 Å². The van der Waals surface area contributed by atoms with E-state index in [1.807, 2.05) is 0 Å². The van der Waals surface area contributed by atoms with E-state index in [1.54, 1.807) is 4.90 Å². The van der Waals surface area contributed by atoms with Crippen molar-refractivity contribution in [3.63, 3.8) is 0 Å². The topological polar surface area (TPSA) is 70.8 Å². The van der Waals surface area contributed by atoms with Gasteiger partial charge in [0.15, 0.2) is 5.76 Å². The van der Waals surface area contributed by atoms with Crippen LogP contribution < -0.4 is 0 Å². The van der Waals surface area contributed by atoms with E-state index < -0.39 is 5.97 Å². The summed E-state index contributed by atoms with van der Waals surface area (Å²) in [6.45, 7) is 1.57. The molecular weight excluding hydrogens is 234 g/mol. The maximum atomic E-state index is 12.2. The number of hydrogen-bond donors (Lipinski definition) is 1. The third-order valence-corrected chi connectivity index (χ3v) is 4.04. The average Bonchev–Trinajstić information content (AvgIpc) is 3.02. The van der Waals surface area contributed by atoms with Gasteiger partial charge in [-0.25, -0.2) is 4.79 Å². The number of aromatic carboxylic acids is 1. The van der Waals surface area contributed by atoms with Gasteiger partial charge in [0, 0.05) is 13.1 Å². The number of carboxylic acid groups (broad SMARTS) is 1. The fourth-order valence-corrected chi connectivity index (χ4v) is 3.12. The highest BCUT2D eigenvalue weighted by atomic mass is 16.4. The van der Waals surface area contributed by atoms with Crippen LogP contribution in [0.1, 0.15) is 40.4 Å². The van der Waals surface area contributed by atoms with E-state index in [1.165, 1.54) is 31.4 Å². The summed E-state index contributed by atoms with van der Waals surface area (Å²) in [4.78, 5) is 24.6. The van der Waals surface area contributed by atoms with Crippen LogP contribution in [0.4, 0.5) is 0 Å². The van der Waals surface area contributed by atoms with Gasteiger partial charge in [0.25, 0.3) is 5.91 Å². The number of rotatable bonds is 2. The zero-order valence-corrected chi connectivity index (χ0v) is 9.96. The Bertz CT molecular complexity index is 481. The molecule has 1 aromatic rings. The largest absolute Gasteiger partial charge is 0.475 e. The second kappa shape index (κ2) is 4.15. The van der Waals surface area contributed by atoms with Crippen molar-refractivity contribution in [2.24, 2.45) is 11.8 Å². The lowest BCUT2D eigenvalue weighted by molar-refractivity contribution is 0.0652. The van der Waals surface area contributed by atoms with Crippen molar-refractivity contribution in [1.29, 1.82) is 0 Å². The van der Waals surface area contributed by atoms with Crippen molar-refractivity contribution in [3.05, 3.63) is 23.7 Å². The summed E-state index contributed by atoms with van der Waals surface area (Å²) in [5.41, 5.74) is 0. The number of hydrogen-bond acceptors (Lipinski definition) is 3. The van der Waals surface area contributed by atoms with Crippen LogP contribution in [0.5, 0.6) is 0 Å². The van der Waals surface area contributed by atoms with E-state index in [0.29, 0.717) is 11.8 Å². The molecule has 1 saturated heterocycles. The summed E-state index contributed by atoms with van der Waals surface area (Å²) in [7, 11) is 0. The van der Waals surface area contributed by atoms with Gasteiger partial charge in [0.05, 0.1) is 0 Å². The number of carbonyl (C=O) groups excluding carboxylic acids is 1. The molecule has 2 heterocycles. The minimum atomic E-state index is -1.15. The van der Waals surface area contributed by atoms with Crippen LogP contribution >= 0.6 is 0 Å². The average molecular weight is 249 g/mol. The number of furan rings is 1. The van der Waals surface area contributed by atoms with E-state index >= 15 is 0 Å². The van der Waals surface area contributed by atoms with Gasteiger partial charge in [-0.2, -0.15) is 0 Å². The number of carbonyl (C=O) groups is 2. The van der Waals surface area contributed by atoms with Crippen LogP contribution in [0.2, 0.25) is 0 Å². The number of carboxylic acids is 1. The Balaban J connectivity index is 1.72. The van der Waals surface area contributed by atoms with Gasteiger partial charge in [-0.05, 0) is 36.8 Å². The lowest BCUT2D eigenvalue weighted by atomic mass is 10.0. The third kappa shape index (κ3) is 1.79. The van der Waals surface area contributed by atoms with Gasteiger partial charge in [-0.15, -0.1) is 0 Å². The lowest BCUT2D eigenvalue weighted by Crippen LogP contribution is -2.29. The molecule has 0 spiro atoms. The predicted octanol–water partition coefficient (Wildman–Crippen LogP) is 1.85. The van der Waals surface area contributed by atoms with E-state index in [4.69, 9.17) is 9.52 Å². The second-order valence-electron chi connectivity index (χ2n) is 5.13. The minimum Gasteiger partial charge on any atom is -0.475 e. The summed E-state index contributed by atoms with van der Waals surface area (Å²) in [6, 6.07) is 2.77. The summed E-state index contributed by atoms with van der Waals surface area (Å²) in [5, 5.41) is 8.76. The fourth-order valence-electron chi connectivity index (χ4n) is 3.12. The molecule has 0 unspecified atom stereocenters. The molecule has 1 amide bonds. The molecule has 0 bridgehead atoms. The molecule has 96 valence electrons. The highest BCUT2D eigenvalue weighted by Gasteiger charge is 2.38. The molecule has 5 heteroatoms. The second-order valence-corrected chi connectivity index (χ2v) is 5.13. The Morgan fingerprint density at radius 1 is 1.17 bits per heavy atom. The predicted molar refractivity (Wildman–Crippen MR) is 62.4 cm³/mol. The van der Waals surface area contributed by atoms with Crippen molar-refractivity contribution >= 4 is 11.9 Å². The zero-order chi connectivity index (χ0) is 12.7. The first kappa shape index (κ1) is 11.3. The highest BCUT2D eigenvalue weighted by Crippen LogP contribution is 2.38. The van der Waals surface area contributed by atoms with Crippen LogP contribution in [-0.2, 0) is 0 Å². The lowest BCUT2D eigenvalue weighted by Gasteiger charge is -2.15. The van der Waals surface area contributed by atoms with E-state index in [2.05, 4.69) is 0 Å². The fraction of sp³-hybridized carbons (Fsp3) is 0.538. The Hall–Kier alpha value is -1.78. The quantitative estimate of drug-likeness (QED) is 0.868. The van der Waals surface area contributed by atoms with Gasteiger partial charge < -0.3 is 14.4 Å². The van der Waals surface area contributed by atoms with Crippen molar-refractivity contribution in [2.75, 3.05) is 13.1 Å². The van der Waals surface area contributed by atoms with Crippen molar-refractivity contribution in [3.8, 4) is 0 Å². The molecule has 2 aliphatic rings. The number of amides is 1. The summed E-state index contributed by atoms with van der Waals surface area (Å²) in [6.07, 6.45) is 3.67. The SMILES string of the molecule is O=C(O)c1ccc(C(=O)N2C[C@H]3CCC[C@H]3C2)o1. The third-order valence-electron chi connectivity index (χ3n) is 4.04. The van der Waals surface area contributed by atoms with Gasteiger partial charge in [-0.1, -0.05) is 6.42 Å². The molecule has 1 saturated carbocycles. The first-order chi connectivity index (χ1) is 8.65. The Kier molecular flexibility index (Phi) is 2.61. The smallest absolute Gasteiger partial charge is 0.371 e. The molecule has 2 fully saturated rings. The molecule has 1 aliphatic heterocycles. The molecular formula is C13H15NO4. The maximum absolute atomic E-state index is 12.2. The molecule has 1 aliphatic carbocycles. The molecule has 1 N–H and O–H groups in total. The van der Waals surface area contributed by atoms with Gasteiger partial charge >= 0.3 is 5.97 Å². The first-order valence-corrected chi connectivity index (χ1v) is 6.27. The van der Waals surface area contributed by atoms with Crippen molar-refractivity contribution in [2.45, 2.75) is 19.3 Å². The summed E-state index contributed by atoms with van der Waals surface area (Å²) < 4.78 is 5.05.